The lowest BCUT2D eigenvalue weighted by atomic mass is 10.1. The molecule has 0 saturated carbocycles. The Hall–Kier alpha value is -3.39. The Balaban J connectivity index is 1.74. The molecule has 8 heteroatoms. The Morgan fingerprint density at radius 3 is 2.43 bits per heavy atom. The van der Waals surface area contributed by atoms with Crippen LogP contribution in [0.2, 0.25) is 0 Å². The highest BCUT2D eigenvalue weighted by Gasteiger charge is 2.15. The number of anilines is 1. The molecule has 1 heterocycles. The van der Waals surface area contributed by atoms with Crippen LogP contribution in [0.25, 0.3) is 22.0 Å². The van der Waals surface area contributed by atoms with E-state index in [1.165, 1.54) is 0 Å². The van der Waals surface area contributed by atoms with Gasteiger partial charge in [-0.25, -0.2) is 13.5 Å². The van der Waals surface area contributed by atoms with Crippen LogP contribution in [0.4, 0.5) is 14.5 Å². The lowest BCUT2D eigenvalue weighted by molar-refractivity contribution is -0.117. The molecule has 0 spiro atoms. The molecule has 0 bridgehead atoms. The largest absolute Gasteiger partial charge is 0.322 e. The molecule has 30 heavy (non-hydrogen) atoms. The van der Waals surface area contributed by atoms with E-state index in [0.717, 1.165) is 32.9 Å². The SMILES string of the molecule is O=C(Cn1nc(-c2ccc(Br)cc2)c2ccccc2c1=O)Nc1cc(F)ccc1F. The number of nitrogens with one attached hydrogen (secondary N) is 1. The number of fused-ring (bicyclic) bond motifs is 1. The van der Waals surface area contributed by atoms with Gasteiger partial charge in [-0.2, -0.15) is 5.10 Å². The van der Waals surface area contributed by atoms with E-state index in [4.69, 9.17) is 0 Å². The van der Waals surface area contributed by atoms with Crippen molar-refractivity contribution in [3.05, 3.63) is 93.2 Å². The Kier molecular flexibility index (Phi) is 5.41. The van der Waals surface area contributed by atoms with Crippen LogP contribution in [0.15, 0.2) is 76.0 Å². The van der Waals surface area contributed by atoms with E-state index in [0.29, 0.717) is 16.5 Å². The van der Waals surface area contributed by atoms with E-state index >= 15 is 0 Å². The standard InChI is InChI=1S/C22H14BrF2N3O2/c23-14-7-5-13(6-8-14)21-16-3-1-2-4-17(16)22(30)28(27-21)12-20(29)26-19-11-15(24)9-10-18(19)25/h1-11H,12H2,(H,26,29). The lowest BCUT2D eigenvalue weighted by Gasteiger charge is -2.12. The smallest absolute Gasteiger partial charge is 0.275 e. The Bertz CT molecular complexity index is 1320. The van der Waals surface area contributed by atoms with Crippen LogP contribution in [-0.2, 0) is 11.3 Å². The molecule has 5 nitrogen and oxygen atoms in total. The lowest BCUT2D eigenvalue weighted by Crippen LogP contribution is -2.30. The first-order valence-corrected chi connectivity index (χ1v) is 9.72. The minimum atomic E-state index is -0.779. The summed E-state index contributed by atoms with van der Waals surface area (Å²) in [5.41, 5.74) is 0.533. The van der Waals surface area contributed by atoms with E-state index in [2.05, 4.69) is 26.3 Å². The number of carbonyl (C=O) groups is 1. The van der Waals surface area contributed by atoms with Gasteiger partial charge in [-0.3, -0.25) is 9.59 Å². The van der Waals surface area contributed by atoms with Gasteiger partial charge >= 0.3 is 0 Å². The van der Waals surface area contributed by atoms with Gasteiger partial charge in [-0.05, 0) is 30.3 Å². The Morgan fingerprint density at radius 2 is 1.70 bits per heavy atom. The molecule has 1 aromatic heterocycles. The molecule has 4 aromatic rings. The second-order valence-electron chi connectivity index (χ2n) is 6.54. The van der Waals surface area contributed by atoms with Crippen molar-refractivity contribution in [2.45, 2.75) is 6.54 Å². The fourth-order valence-corrected chi connectivity index (χ4v) is 3.35. The van der Waals surface area contributed by atoms with Crippen molar-refractivity contribution in [1.82, 2.24) is 9.78 Å². The molecular formula is C22H14BrF2N3O2. The molecule has 0 unspecified atom stereocenters. The van der Waals surface area contributed by atoms with Crippen LogP contribution in [0, 0.1) is 11.6 Å². The number of halogens is 3. The number of carbonyl (C=O) groups excluding carboxylic acids is 1. The van der Waals surface area contributed by atoms with Gasteiger partial charge in [0.25, 0.3) is 5.56 Å². The number of aromatic nitrogens is 2. The monoisotopic (exact) mass is 469 g/mol. The van der Waals surface area contributed by atoms with Crippen molar-refractivity contribution in [3.8, 4) is 11.3 Å². The summed E-state index contributed by atoms with van der Waals surface area (Å²) >= 11 is 3.38. The van der Waals surface area contributed by atoms with Crippen LogP contribution >= 0.6 is 15.9 Å². The van der Waals surface area contributed by atoms with Gasteiger partial charge in [0.05, 0.1) is 16.8 Å². The highest BCUT2D eigenvalue weighted by Crippen LogP contribution is 2.26. The maximum absolute atomic E-state index is 13.8. The molecule has 3 aromatic carbocycles. The van der Waals surface area contributed by atoms with Crippen molar-refractivity contribution >= 4 is 38.3 Å². The molecule has 0 aliphatic rings. The molecule has 1 amide bonds. The van der Waals surface area contributed by atoms with Crippen LogP contribution in [0.3, 0.4) is 0 Å². The summed E-state index contributed by atoms with van der Waals surface area (Å²) in [6.45, 7) is -0.455. The van der Waals surface area contributed by atoms with E-state index in [-0.39, 0.29) is 5.69 Å². The van der Waals surface area contributed by atoms with Gasteiger partial charge in [-0.1, -0.05) is 46.3 Å². The average molecular weight is 470 g/mol. The summed E-state index contributed by atoms with van der Waals surface area (Å²) in [6.07, 6.45) is 0. The summed E-state index contributed by atoms with van der Waals surface area (Å²) in [6, 6.07) is 17.1. The van der Waals surface area contributed by atoms with Crippen LogP contribution in [0.5, 0.6) is 0 Å². The van der Waals surface area contributed by atoms with Gasteiger partial charge in [-0.15, -0.1) is 0 Å². The van der Waals surface area contributed by atoms with Crippen molar-refractivity contribution in [1.29, 1.82) is 0 Å². The number of nitrogens with zero attached hydrogens (tertiary/aromatic N) is 2. The van der Waals surface area contributed by atoms with Gasteiger partial charge < -0.3 is 5.32 Å². The third-order valence-corrected chi connectivity index (χ3v) is 5.01. The van der Waals surface area contributed by atoms with Gasteiger partial charge in [0, 0.05) is 21.5 Å². The first kappa shape index (κ1) is 19.9. The predicted molar refractivity (Wildman–Crippen MR) is 114 cm³/mol. The van der Waals surface area contributed by atoms with Crippen molar-refractivity contribution in [2.75, 3.05) is 5.32 Å². The maximum Gasteiger partial charge on any atom is 0.275 e. The first-order chi connectivity index (χ1) is 14.4. The van der Waals surface area contributed by atoms with E-state index < -0.39 is 29.6 Å². The molecule has 1 N–H and O–H groups in total. The molecular weight excluding hydrogens is 456 g/mol. The van der Waals surface area contributed by atoms with Gasteiger partial charge in [0.15, 0.2) is 0 Å². The van der Waals surface area contributed by atoms with Crippen molar-refractivity contribution < 1.29 is 13.6 Å². The summed E-state index contributed by atoms with van der Waals surface area (Å²) < 4.78 is 29.1. The molecule has 0 saturated heterocycles. The highest BCUT2D eigenvalue weighted by atomic mass is 79.9. The molecule has 0 aliphatic carbocycles. The molecule has 150 valence electrons. The zero-order chi connectivity index (χ0) is 21.3. The summed E-state index contributed by atoms with van der Waals surface area (Å²) in [5, 5.41) is 7.71. The molecule has 0 fully saturated rings. The topological polar surface area (TPSA) is 64.0 Å². The van der Waals surface area contributed by atoms with E-state index in [9.17, 15) is 18.4 Å². The number of rotatable bonds is 4. The minimum absolute atomic E-state index is 0.304. The Labute approximate surface area is 178 Å². The van der Waals surface area contributed by atoms with Crippen molar-refractivity contribution in [3.63, 3.8) is 0 Å². The minimum Gasteiger partial charge on any atom is -0.322 e. The number of benzene rings is 3. The normalized spacial score (nSPS) is 10.9. The van der Waals surface area contributed by atoms with Gasteiger partial charge in [0.2, 0.25) is 5.91 Å². The molecule has 0 atom stereocenters. The fraction of sp³-hybridized carbons (Fsp3) is 0.0455. The van der Waals surface area contributed by atoms with Gasteiger partial charge in [0.1, 0.15) is 18.2 Å². The number of hydrogen-bond acceptors (Lipinski definition) is 3. The highest BCUT2D eigenvalue weighted by molar-refractivity contribution is 9.10. The second-order valence-corrected chi connectivity index (χ2v) is 7.45. The summed E-state index contributed by atoms with van der Waals surface area (Å²) in [7, 11) is 0. The van der Waals surface area contributed by atoms with Crippen LogP contribution < -0.4 is 10.9 Å². The Morgan fingerprint density at radius 1 is 1.00 bits per heavy atom. The fourth-order valence-electron chi connectivity index (χ4n) is 3.08. The zero-order valence-corrected chi connectivity index (χ0v) is 17.0. The number of amides is 1. The number of hydrogen-bond donors (Lipinski definition) is 1. The van der Waals surface area contributed by atoms with E-state index in [1.54, 1.807) is 24.3 Å². The quantitative estimate of drug-likeness (QED) is 0.469. The predicted octanol–water partition coefficient (Wildman–Crippen LogP) is 4.74. The van der Waals surface area contributed by atoms with Crippen molar-refractivity contribution in [2.24, 2.45) is 0 Å². The summed E-state index contributed by atoms with van der Waals surface area (Å²) in [5.74, 6) is -2.17. The van der Waals surface area contributed by atoms with E-state index in [1.807, 2.05) is 24.3 Å². The zero-order valence-electron chi connectivity index (χ0n) is 15.4. The second kappa shape index (κ2) is 8.16. The molecule has 0 radical (unpaired) electrons. The summed E-state index contributed by atoms with van der Waals surface area (Å²) in [4.78, 5) is 25.3. The molecule has 4 rings (SSSR count). The average Bonchev–Trinajstić information content (AvgIpc) is 2.73. The maximum atomic E-state index is 13.8. The third-order valence-electron chi connectivity index (χ3n) is 4.48. The molecule has 0 aliphatic heterocycles. The third kappa shape index (κ3) is 3.99. The van der Waals surface area contributed by atoms with Crippen LogP contribution in [-0.4, -0.2) is 15.7 Å². The first-order valence-electron chi connectivity index (χ1n) is 8.93. The van der Waals surface area contributed by atoms with Crippen LogP contribution in [0.1, 0.15) is 0 Å².